The molecule has 2 aromatic rings. The highest BCUT2D eigenvalue weighted by Gasteiger charge is 2.13. The van der Waals surface area contributed by atoms with E-state index in [1.165, 1.54) is 12.1 Å². The number of para-hydroxylation sites is 1. The van der Waals surface area contributed by atoms with Crippen molar-refractivity contribution in [2.24, 2.45) is 0 Å². The Morgan fingerprint density at radius 3 is 2.52 bits per heavy atom. The number of anilines is 1. The molecule has 0 saturated carbocycles. The molecule has 0 heterocycles. The van der Waals surface area contributed by atoms with Crippen LogP contribution in [-0.2, 0) is 6.54 Å². The van der Waals surface area contributed by atoms with Gasteiger partial charge in [0.05, 0.1) is 18.4 Å². The van der Waals surface area contributed by atoms with Gasteiger partial charge in [-0.25, -0.2) is 4.39 Å². The van der Waals surface area contributed by atoms with Crippen molar-refractivity contribution in [3.05, 3.63) is 59.4 Å². The summed E-state index contributed by atoms with van der Waals surface area (Å²) in [7, 11) is 3.18. The molecular formula is C16H17FN2O2. The van der Waals surface area contributed by atoms with Crippen LogP contribution in [0.3, 0.4) is 0 Å². The molecule has 21 heavy (non-hydrogen) atoms. The molecule has 0 radical (unpaired) electrons. The highest BCUT2D eigenvalue weighted by Crippen LogP contribution is 2.19. The van der Waals surface area contributed by atoms with Crippen LogP contribution in [-0.4, -0.2) is 20.1 Å². The molecule has 1 amide bonds. The van der Waals surface area contributed by atoms with Gasteiger partial charge in [-0.3, -0.25) is 4.79 Å². The third kappa shape index (κ3) is 3.51. The van der Waals surface area contributed by atoms with Crippen molar-refractivity contribution in [1.29, 1.82) is 0 Å². The Hall–Kier alpha value is -2.56. The molecular weight excluding hydrogens is 271 g/mol. The summed E-state index contributed by atoms with van der Waals surface area (Å²) in [4.78, 5) is 12.1. The lowest BCUT2D eigenvalue weighted by Crippen LogP contribution is -2.24. The van der Waals surface area contributed by atoms with Gasteiger partial charge in [0.25, 0.3) is 5.91 Å². The maximum absolute atomic E-state index is 13.6. The van der Waals surface area contributed by atoms with E-state index >= 15 is 0 Å². The molecule has 0 spiro atoms. The zero-order chi connectivity index (χ0) is 15.2. The molecule has 0 unspecified atom stereocenters. The predicted molar refractivity (Wildman–Crippen MR) is 80.1 cm³/mol. The van der Waals surface area contributed by atoms with Crippen LogP contribution >= 0.6 is 0 Å². The lowest BCUT2D eigenvalue weighted by Gasteiger charge is -2.11. The summed E-state index contributed by atoms with van der Waals surface area (Å²) in [6.07, 6.45) is 0. The lowest BCUT2D eigenvalue weighted by atomic mass is 10.1. The SMILES string of the molecule is CNc1c(F)cccc1C(=O)NCc1ccc(OC)cc1. The van der Waals surface area contributed by atoms with Crippen molar-refractivity contribution < 1.29 is 13.9 Å². The molecule has 0 atom stereocenters. The Morgan fingerprint density at radius 1 is 1.19 bits per heavy atom. The first-order chi connectivity index (χ1) is 10.2. The summed E-state index contributed by atoms with van der Waals surface area (Å²) in [6, 6.07) is 11.8. The first-order valence-corrected chi connectivity index (χ1v) is 6.53. The second-order valence-electron chi connectivity index (χ2n) is 4.44. The van der Waals surface area contributed by atoms with Crippen molar-refractivity contribution >= 4 is 11.6 Å². The monoisotopic (exact) mass is 288 g/mol. The van der Waals surface area contributed by atoms with Crippen LogP contribution in [0.25, 0.3) is 0 Å². The molecule has 4 nitrogen and oxygen atoms in total. The largest absolute Gasteiger partial charge is 0.497 e. The molecule has 0 bridgehead atoms. The van der Waals surface area contributed by atoms with Gasteiger partial charge in [0.15, 0.2) is 0 Å². The number of amides is 1. The van der Waals surface area contributed by atoms with Crippen LogP contribution < -0.4 is 15.4 Å². The van der Waals surface area contributed by atoms with Crippen molar-refractivity contribution in [3.8, 4) is 5.75 Å². The number of rotatable bonds is 5. The lowest BCUT2D eigenvalue weighted by molar-refractivity contribution is 0.0951. The third-order valence-electron chi connectivity index (χ3n) is 3.12. The highest BCUT2D eigenvalue weighted by molar-refractivity contribution is 5.99. The van der Waals surface area contributed by atoms with Crippen LogP contribution in [0.5, 0.6) is 5.75 Å². The van der Waals surface area contributed by atoms with E-state index in [-0.39, 0.29) is 17.2 Å². The standard InChI is InChI=1S/C16H17FN2O2/c1-18-15-13(4-3-5-14(15)17)16(20)19-10-11-6-8-12(21-2)9-7-11/h3-9,18H,10H2,1-2H3,(H,19,20). The Kier molecular flexibility index (Phi) is 4.77. The number of ether oxygens (including phenoxy) is 1. The van der Waals surface area contributed by atoms with E-state index in [4.69, 9.17) is 4.74 Å². The molecule has 2 rings (SSSR count). The second-order valence-corrected chi connectivity index (χ2v) is 4.44. The van der Waals surface area contributed by atoms with Gasteiger partial charge in [-0.1, -0.05) is 18.2 Å². The first-order valence-electron chi connectivity index (χ1n) is 6.53. The Morgan fingerprint density at radius 2 is 1.90 bits per heavy atom. The number of hydrogen-bond acceptors (Lipinski definition) is 3. The number of nitrogens with one attached hydrogen (secondary N) is 2. The highest BCUT2D eigenvalue weighted by atomic mass is 19.1. The molecule has 0 saturated heterocycles. The van der Waals surface area contributed by atoms with Gasteiger partial charge in [-0.2, -0.15) is 0 Å². The van der Waals surface area contributed by atoms with Gasteiger partial charge >= 0.3 is 0 Å². The van der Waals surface area contributed by atoms with E-state index in [9.17, 15) is 9.18 Å². The summed E-state index contributed by atoms with van der Waals surface area (Å²) in [5.74, 6) is -0.0167. The van der Waals surface area contributed by atoms with E-state index in [0.717, 1.165) is 11.3 Å². The maximum atomic E-state index is 13.6. The average Bonchev–Trinajstić information content (AvgIpc) is 2.52. The average molecular weight is 288 g/mol. The number of benzene rings is 2. The second kappa shape index (κ2) is 6.74. The molecule has 0 aliphatic heterocycles. The minimum absolute atomic E-state index is 0.199. The van der Waals surface area contributed by atoms with E-state index in [1.807, 2.05) is 24.3 Å². The molecule has 0 aromatic heterocycles. The topological polar surface area (TPSA) is 50.4 Å². The Labute approximate surface area is 122 Å². The fraction of sp³-hybridized carbons (Fsp3) is 0.188. The van der Waals surface area contributed by atoms with Crippen molar-refractivity contribution in [3.63, 3.8) is 0 Å². The van der Waals surface area contributed by atoms with Crippen LogP contribution in [0.15, 0.2) is 42.5 Å². The molecule has 2 aromatic carbocycles. The van der Waals surface area contributed by atoms with E-state index < -0.39 is 5.82 Å². The quantitative estimate of drug-likeness (QED) is 0.889. The van der Waals surface area contributed by atoms with Crippen molar-refractivity contribution in [2.45, 2.75) is 6.54 Å². The molecule has 0 aliphatic carbocycles. The van der Waals surface area contributed by atoms with Crippen molar-refractivity contribution in [2.75, 3.05) is 19.5 Å². The fourth-order valence-electron chi connectivity index (χ4n) is 1.99. The predicted octanol–water partition coefficient (Wildman–Crippen LogP) is 2.81. The number of carbonyl (C=O) groups excluding carboxylic acids is 1. The number of methoxy groups -OCH3 is 1. The summed E-state index contributed by atoms with van der Waals surface area (Å²) >= 11 is 0. The van der Waals surface area contributed by atoms with E-state index in [0.29, 0.717) is 6.54 Å². The van der Waals surface area contributed by atoms with Gasteiger partial charge in [0, 0.05) is 13.6 Å². The number of carbonyl (C=O) groups is 1. The van der Waals surface area contributed by atoms with Gasteiger partial charge in [0.2, 0.25) is 0 Å². The summed E-state index contributed by atoms with van der Waals surface area (Å²) in [5, 5.41) is 5.47. The van der Waals surface area contributed by atoms with E-state index in [1.54, 1.807) is 20.2 Å². The van der Waals surface area contributed by atoms with Gasteiger partial charge in [-0.15, -0.1) is 0 Å². The smallest absolute Gasteiger partial charge is 0.253 e. The molecule has 2 N–H and O–H groups in total. The number of hydrogen-bond donors (Lipinski definition) is 2. The molecule has 110 valence electrons. The zero-order valence-electron chi connectivity index (χ0n) is 11.9. The Bertz CT molecular complexity index is 627. The van der Waals surface area contributed by atoms with E-state index in [2.05, 4.69) is 10.6 Å². The minimum atomic E-state index is -0.449. The van der Waals surface area contributed by atoms with Gasteiger partial charge < -0.3 is 15.4 Å². The number of halogens is 1. The van der Waals surface area contributed by atoms with Gasteiger partial charge in [0.1, 0.15) is 11.6 Å². The molecule has 0 aliphatic rings. The van der Waals surface area contributed by atoms with Crippen LogP contribution in [0.2, 0.25) is 0 Å². The zero-order valence-corrected chi connectivity index (χ0v) is 11.9. The van der Waals surface area contributed by atoms with Crippen LogP contribution in [0, 0.1) is 5.82 Å². The first kappa shape index (κ1) is 14.8. The summed E-state index contributed by atoms with van der Waals surface area (Å²) in [6.45, 7) is 0.364. The van der Waals surface area contributed by atoms with Gasteiger partial charge in [-0.05, 0) is 29.8 Å². The Balaban J connectivity index is 2.06. The molecule has 0 fully saturated rings. The van der Waals surface area contributed by atoms with Crippen molar-refractivity contribution in [1.82, 2.24) is 5.32 Å². The van der Waals surface area contributed by atoms with Crippen LogP contribution in [0.4, 0.5) is 10.1 Å². The normalized spacial score (nSPS) is 10.0. The maximum Gasteiger partial charge on any atom is 0.253 e. The van der Waals surface area contributed by atoms with Crippen LogP contribution in [0.1, 0.15) is 15.9 Å². The minimum Gasteiger partial charge on any atom is -0.497 e. The third-order valence-corrected chi connectivity index (χ3v) is 3.12. The summed E-state index contributed by atoms with van der Waals surface area (Å²) in [5.41, 5.74) is 1.42. The molecule has 5 heteroatoms. The summed E-state index contributed by atoms with van der Waals surface area (Å²) < 4.78 is 18.7. The fourth-order valence-corrected chi connectivity index (χ4v) is 1.99.